The maximum atomic E-state index is 12.7. The van der Waals surface area contributed by atoms with E-state index in [0.717, 1.165) is 16.7 Å². The van der Waals surface area contributed by atoms with Gasteiger partial charge in [-0.05, 0) is 41.5 Å². The molecule has 170 valence electrons. The van der Waals surface area contributed by atoms with E-state index in [9.17, 15) is 9.59 Å². The van der Waals surface area contributed by atoms with Gasteiger partial charge in [0, 0.05) is 28.4 Å². The summed E-state index contributed by atoms with van der Waals surface area (Å²) in [6.07, 6.45) is 2.76. The van der Waals surface area contributed by atoms with Gasteiger partial charge in [-0.15, -0.1) is 12.6 Å². The summed E-state index contributed by atoms with van der Waals surface area (Å²) in [4.78, 5) is 29.9. The molecule has 0 spiro atoms. The number of carbonyl (C=O) groups excluding carboxylic acids is 2. The van der Waals surface area contributed by atoms with Crippen LogP contribution >= 0.6 is 12.6 Å². The van der Waals surface area contributed by atoms with Gasteiger partial charge < -0.3 is 15.4 Å². The third-order valence-electron chi connectivity index (χ3n) is 5.15. The fourth-order valence-corrected chi connectivity index (χ4v) is 3.61. The van der Waals surface area contributed by atoms with Crippen LogP contribution in [0.15, 0.2) is 108 Å². The monoisotopic (exact) mass is 469 g/mol. The van der Waals surface area contributed by atoms with Gasteiger partial charge in [0.15, 0.2) is 0 Å². The number of nitrogens with zero attached hydrogens (tertiary/aromatic N) is 1. The van der Waals surface area contributed by atoms with Crippen LogP contribution in [0.5, 0.6) is 0 Å². The molecule has 2 N–H and O–H groups in total. The van der Waals surface area contributed by atoms with E-state index in [1.165, 1.54) is 0 Å². The van der Waals surface area contributed by atoms with Crippen LogP contribution in [0.3, 0.4) is 0 Å². The summed E-state index contributed by atoms with van der Waals surface area (Å²) in [6, 6.07) is 27.1. The summed E-state index contributed by atoms with van der Waals surface area (Å²) in [5.41, 5.74) is 3.64. The minimum absolute atomic E-state index is 0.118. The first-order valence-electron chi connectivity index (χ1n) is 10.7. The van der Waals surface area contributed by atoms with Gasteiger partial charge in [-0.2, -0.15) is 0 Å². The quantitative estimate of drug-likeness (QED) is 0.306. The Labute approximate surface area is 203 Å². The van der Waals surface area contributed by atoms with E-state index >= 15 is 0 Å². The Balaban J connectivity index is 1.48. The maximum Gasteiger partial charge on any atom is 0.408 e. The molecule has 3 aromatic carbocycles. The summed E-state index contributed by atoms with van der Waals surface area (Å²) in [5.74, 6) is -0.242. The van der Waals surface area contributed by atoms with Crippen LogP contribution < -0.4 is 10.6 Å². The Morgan fingerprint density at radius 1 is 0.853 bits per heavy atom. The van der Waals surface area contributed by atoms with E-state index in [1.54, 1.807) is 36.7 Å². The fraction of sp³-hybridized carbons (Fsp3) is 0.0741. The molecule has 6 nitrogen and oxygen atoms in total. The molecule has 1 aromatic heterocycles. The number of hydrogen-bond acceptors (Lipinski definition) is 5. The lowest BCUT2D eigenvalue weighted by Crippen LogP contribution is -2.30. The Morgan fingerprint density at radius 3 is 2.26 bits per heavy atom. The molecule has 0 fully saturated rings. The van der Waals surface area contributed by atoms with Gasteiger partial charge in [0.25, 0.3) is 5.91 Å². The Kier molecular flexibility index (Phi) is 7.57. The third kappa shape index (κ3) is 6.02. The van der Waals surface area contributed by atoms with Gasteiger partial charge >= 0.3 is 6.09 Å². The average Bonchev–Trinajstić information content (AvgIpc) is 2.88. The fourth-order valence-electron chi connectivity index (χ4n) is 3.40. The smallest absolute Gasteiger partial charge is 0.408 e. The Hall–Kier alpha value is -4.10. The summed E-state index contributed by atoms with van der Waals surface area (Å²) in [7, 11) is 0. The molecule has 4 aromatic rings. The van der Waals surface area contributed by atoms with Crippen molar-refractivity contribution < 1.29 is 14.3 Å². The van der Waals surface area contributed by atoms with Gasteiger partial charge in [0.05, 0.1) is 11.7 Å². The Morgan fingerprint density at radius 2 is 1.56 bits per heavy atom. The van der Waals surface area contributed by atoms with Crippen LogP contribution in [0.2, 0.25) is 0 Å². The molecule has 0 radical (unpaired) electrons. The molecule has 0 aliphatic carbocycles. The van der Waals surface area contributed by atoms with E-state index < -0.39 is 12.1 Å². The van der Waals surface area contributed by atoms with E-state index in [0.29, 0.717) is 16.1 Å². The van der Waals surface area contributed by atoms with Crippen molar-refractivity contribution in [3.05, 3.63) is 126 Å². The molecule has 7 heteroatoms. The van der Waals surface area contributed by atoms with Crippen molar-refractivity contribution in [3.63, 3.8) is 0 Å². The molecule has 0 bridgehead atoms. The summed E-state index contributed by atoms with van der Waals surface area (Å²) in [6.45, 7) is 0.118. The molecule has 0 aliphatic rings. The lowest BCUT2D eigenvalue weighted by Gasteiger charge is -2.20. The minimum atomic E-state index is -0.551. The maximum absolute atomic E-state index is 12.7. The van der Waals surface area contributed by atoms with Crippen LogP contribution in [0.25, 0.3) is 0 Å². The molecular weight excluding hydrogens is 446 g/mol. The number of carbonyl (C=O) groups is 2. The third-order valence-corrected chi connectivity index (χ3v) is 5.54. The molecule has 0 saturated heterocycles. The lowest BCUT2D eigenvalue weighted by atomic mass is 9.97. The van der Waals surface area contributed by atoms with Crippen molar-refractivity contribution in [1.82, 2.24) is 10.3 Å². The average molecular weight is 470 g/mol. The number of para-hydroxylation sites is 1. The molecule has 34 heavy (non-hydrogen) atoms. The number of rotatable bonds is 7. The number of nitrogens with one attached hydrogen (secondary N) is 2. The van der Waals surface area contributed by atoms with E-state index in [4.69, 9.17) is 4.74 Å². The molecule has 1 heterocycles. The normalized spacial score (nSPS) is 11.3. The lowest BCUT2D eigenvalue weighted by molar-refractivity contribution is 0.102. The van der Waals surface area contributed by atoms with Crippen LogP contribution in [0.4, 0.5) is 10.5 Å². The molecular formula is C27H23N3O3S. The summed E-state index contributed by atoms with van der Waals surface area (Å²) < 4.78 is 5.38. The number of pyridine rings is 1. The van der Waals surface area contributed by atoms with Crippen LogP contribution in [0, 0.1) is 0 Å². The first-order chi connectivity index (χ1) is 16.6. The zero-order valence-electron chi connectivity index (χ0n) is 18.2. The zero-order chi connectivity index (χ0) is 23.8. The van der Waals surface area contributed by atoms with Crippen molar-refractivity contribution in [3.8, 4) is 0 Å². The second kappa shape index (κ2) is 11.2. The second-order valence-corrected chi connectivity index (χ2v) is 8.00. The van der Waals surface area contributed by atoms with Crippen LogP contribution in [-0.4, -0.2) is 17.0 Å². The number of hydrogen-bond donors (Lipinski definition) is 3. The highest BCUT2D eigenvalue weighted by Gasteiger charge is 2.18. The van der Waals surface area contributed by atoms with Crippen LogP contribution in [-0.2, 0) is 11.3 Å². The van der Waals surface area contributed by atoms with E-state index in [1.807, 2.05) is 66.7 Å². The molecule has 0 saturated carbocycles. The standard InChI is InChI=1S/C27H23N3O3S/c31-26(29-23-10-4-5-11-24(23)34)22-14-12-21(13-15-22)25(20-8-2-1-3-9-20)30-27(32)33-18-19-7-6-16-28-17-19/h1-17,25,34H,18H2,(H,29,31)(H,30,32). The number of ether oxygens (including phenoxy) is 1. The predicted octanol–water partition coefficient (Wildman–Crippen LogP) is 5.64. The first kappa shape index (κ1) is 23.1. The molecule has 2 amide bonds. The second-order valence-electron chi connectivity index (χ2n) is 7.52. The zero-order valence-corrected chi connectivity index (χ0v) is 19.1. The first-order valence-corrected chi connectivity index (χ1v) is 11.1. The molecule has 1 unspecified atom stereocenters. The topological polar surface area (TPSA) is 80.3 Å². The van der Waals surface area contributed by atoms with Crippen molar-refractivity contribution in [2.24, 2.45) is 0 Å². The van der Waals surface area contributed by atoms with E-state index in [2.05, 4.69) is 28.2 Å². The minimum Gasteiger partial charge on any atom is -0.445 e. The number of thiol groups is 1. The Bertz CT molecular complexity index is 1250. The summed E-state index contributed by atoms with van der Waals surface area (Å²) in [5, 5.41) is 5.78. The van der Waals surface area contributed by atoms with Crippen molar-refractivity contribution in [2.45, 2.75) is 17.5 Å². The SMILES string of the molecule is O=C(NC(c1ccccc1)c1ccc(C(=O)Nc2ccccc2S)cc1)OCc1cccnc1. The van der Waals surface area contributed by atoms with Gasteiger partial charge in [0.1, 0.15) is 6.61 Å². The number of alkyl carbamates (subject to hydrolysis) is 1. The molecule has 1 atom stereocenters. The molecule has 0 aliphatic heterocycles. The highest BCUT2D eigenvalue weighted by molar-refractivity contribution is 7.80. The van der Waals surface area contributed by atoms with Crippen LogP contribution in [0.1, 0.15) is 33.1 Å². The highest BCUT2D eigenvalue weighted by atomic mass is 32.1. The largest absolute Gasteiger partial charge is 0.445 e. The number of amides is 2. The van der Waals surface area contributed by atoms with Crippen molar-refractivity contribution in [1.29, 1.82) is 0 Å². The predicted molar refractivity (Wildman–Crippen MR) is 134 cm³/mol. The van der Waals surface area contributed by atoms with Gasteiger partial charge in [0.2, 0.25) is 0 Å². The number of benzene rings is 3. The van der Waals surface area contributed by atoms with Gasteiger partial charge in [-0.3, -0.25) is 9.78 Å². The number of anilines is 1. The van der Waals surface area contributed by atoms with E-state index in [-0.39, 0.29) is 12.5 Å². The highest BCUT2D eigenvalue weighted by Crippen LogP contribution is 2.24. The van der Waals surface area contributed by atoms with Crippen molar-refractivity contribution in [2.75, 3.05) is 5.32 Å². The van der Waals surface area contributed by atoms with Gasteiger partial charge in [-0.25, -0.2) is 4.79 Å². The summed E-state index contributed by atoms with van der Waals surface area (Å²) >= 11 is 4.37. The van der Waals surface area contributed by atoms with Crippen molar-refractivity contribution >= 4 is 30.3 Å². The molecule has 4 rings (SSSR count). The van der Waals surface area contributed by atoms with Gasteiger partial charge in [-0.1, -0.05) is 60.7 Å². The number of aromatic nitrogens is 1.